The third-order valence-electron chi connectivity index (χ3n) is 5.41. The number of halogens is 1. The van der Waals surface area contributed by atoms with Crippen molar-refractivity contribution in [2.45, 2.75) is 6.42 Å². The van der Waals surface area contributed by atoms with E-state index in [0.717, 1.165) is 0 Å². The Morgan fingerprint density at radius 1 is 1.07 bits per heavy atom. The number of rotatable bonds is 3. The molecule has 0 aliphatic carbocycles. The molecule has 2 saturated heterocycles. The van der Waals surface area contributed by atoms with E-state index in [4.69, 9.17) is 0 Å². The van der Waals surface area contributed by atoms with Gasteiger partial charge in [0.05, 0.1) is 23.1 Å². The van der Waals surface area contributed by atoms with Gasteiger partial charge in [-0.15, -0.1) is 0 Å². The maximum Gasteiger partial charge on any atom is 0.272 e. The predicted octanol–water partition coefficient (Wildman–Crippen LogP) is 0.935. The van der Waals surface area contributed by atoms with Crippen LogP contribution in [0.25, 0.3) is 11.3 Å². The highest BCUT2D eigenvalue weighted by Gasteiger charge is 2.36. The molecule has 1 unspecified atom stereocenters. The normalized spacial score (nSPS) is 21.3. The lowest BCUT2D eigenvalue weighted by Gasteiger charge is -2.35. The molecule has 1 aromatic carbocycles. The number of amides is 2. The molecule has 0 saturated carbocycles. The summed E-state index contributed by atoms with van der Waals surface area (Å²) in [6, 6.07) is 7.46. The number of nitrogens with one attached hydrogen (secondary N) is 1. The lowest BCUT2D eigenvalue weighted by molar-refractivity contribution is -0.136. The Labute approximate surface area is 167 Å². The zero-order valence-electron chi connectivity index (χ0n) is 15.7. The lowest BCUT2D eigenvalue weighted by atomic mass is 10.1. The number of carbonyl (C=O) groups is 2. The van der Waals surface area contributed by atoms with E-state index in [1.54, 1.807) is 28.0 Å². The van der Waals surface area contributed by atoms with Crippen LogP contribution in [-0.2, 0) is 14.6 Å². The number of benzene rings is 1. The number of piperazine rings is 1. The average Bonchev–Trinajstić information content (AvgIpc) is 3.34. The third kappa shape index (κ3) is 4.16. The largest absolute Gasteiger partial charge is 0.339 e. The predicted molar refractivity (Wildman–Crippen MR) is 103 cm³/mol. The number of hydrogen-bond acceptors (Lipinski definition) is 5. The maximum absolute atomic E-state index is 13.1. The van der Waals surface area contributed by atoms with Crippen LogP contribution in [0, 0.1) is 11.7 Å². The highest BCUT2D eigenvalue weighted by Crippen LogP contribution is 2.22. The van der Waals surface area contributed by atoms with E-state index < -0.39 is 15.8 Å². The van der Waals surface area contributed by atoms with Crippen LogP contribution in [0.3, 0.4) is 0 Å². The summed E-state index contributed by atoms with van der Waals surface area (Å²) in [6.45, 7) is 1.49. The summed E-state index contributed by atoms with van der Waals surface area (Å²) in [5.41, 5.74) is 1.57. The van der Waals surface area contributed by atoms with Crippen LogP contribution in [0.4, 0.5) is 4.39 Å². The molecule has 1 aromatic heterocycles. The molecular weight excluding hydrogens is 399 g/mol. The Kier molecular flexibility index (Phi) is 5.12. The SMILES string of the molecule is O=C(c1cc(-c2ccc(F)cc2)n[nH]1)N1CCN(C(=O)C2CCS(=O)(=O)C2)CC1. The molecule has 3 heterocycles. The van der Waals surface area contributed by atoms with Crippen molar-refractivity contribution in [1.29, 1.82) is 0 Å². The molecular formula is C19H21FN4O4S. The van der Waals surface area contributed by atoms with E-state index >= 15 is 0 Å². The Bertz CT molecular complexity index is 1030. The standard InChI is InChI=1S/C19H21FN4O4S/c20-15-3-1-13(2-4-15)16-11-17(22-21-16)19(26)24-8-6-23(7-9-24)18(25)14-5-10-29(27,28)12-14/h1-4,11,14H,5-10,12H2,(H,21,22). The number of carbonyl (C=O) groups excluding carboxylic acids is 2. The molecule has 1 atom stereocenters. The van der Waals surface area contributed by atoms with Crippen molar-refractivity contribution in [1.82, 2.24) is 20.0 Å². The third-order valence-corrected chi connectivity index (χ3v) is 7.18. The second kappa shape index (κ2) is 7.58. The molecule has 29 heavy (non-hydrogen) atoms. The monoisotopic (exact) mass is 420 g/mol. The fraction of sp³-hybridized carbons (Fsp3) is 0.421. The van der Waals surface area contributed by atoms with E-state index in [-0.39, 0.29) is 29.1 Å². The molecule has 1 N–H and O–H groups in total. The molecule has 0 bridgehead atoms. The molecule has 2 aliphatic rings. The number of nitrogens with zero attached hydrogens (tertiary/aromatic N) is 3. The quantitative estimate of drug-likeness (QED) is 0.796. The van der Waals surface area contributed by atoms with Crippen molar-refractivity contribution >= 4 is 21.7 Å². The number of hydrogen-bond donors (Lipinski definition) is 1. The van der Waals surface area contributed by atoms with Crippen molar-refractivity contribution in [2.75, 3.05) is 37.7 Å². The number of sulfone groups is 1. The molecule has 2 amide bonds. The first-order valence-corrected chi connectivity index (χ1v) is 11.2. The van der Waals surface area contributed by atoms with Gasteiger partial charge in [0.2, 0.25) is 5.91 Å². The van der Waals surface area contributed by atoms with E-state index in [1.807, 2.05) is 0 Å². The molecule has 154 valence electrons. The van der Waals surface area contributed by atoms with Gasteiger partial charge in [-0.1, -0.05) is 0 Å². The van der Waals surface area contributed by atoms with E-state index in [2.05, 4.69) is 10.2 Å². The topological polar surface area (TPSA) is 103 Å². The Morgan fingerprint density at radius 2 is 1.72 bits per heavy atom. The first-order valence-electron chi connectivity index (χ1n) is 9.42. The first kappa shape index (κ1) is 19.6. The number of aromatic amines is 1. The highest BCUT2D eigenvalue weighted by atomic mass is 32.2. The lowest BCUT2D eigenvalue weighted by Crippen LogP contribution is -2.52. The Morgan fingerprint density at radius 3 is 2.34 bits per heavy atom. The van der Waals surface area contributed by atoms with Gasteiger partial charge in [0.1, 0.15) is 11.5 Å². The summed E-state index contributed by atoms with van der Waals surface area (Å²) >= 11 is 0. The fourth-order valence-electron chi connectivity index (χ4n) is 3.75. The van der Waals surface area contributed by atoms with Crippen molar-refractivity contribution in [3.63, 3.8) is 0 Å². The van der Waals surface area contributed by atoms with Gasteiger partial charge in [0.25, 0.3) is 5.91 Å². The summed E-state index contributed by atoms with van der Waals surface area (Å²) in [5.74, 6) is -1.18. The van der Waals surface area contributed by atoms with Crippen LogP contribution in [0.5, 0.6) is 0 Å². The van der Waals surface area contributed by atoms with Crippen molar-refractivity contribution < 1.29 is 22.4 Å². The van der Waals surface area contributed by atoms with Crippen LogP contribution in [0.1, 0.15) is 16.9 Å². The molecule has 10 heteroatoms. The molecule has 2 aliphatic heterocycles. The van der Waals surface area contributed by atoms with Crippen LogP contribution < -0.4 is 0 Å². The van der Waals surface area contributed by atoms with Gasteiger partial charge in [0, 0.05) is 31.7 Å². The first-order chi connectivity index (χ1) is 13.8. The smallest absolute Gasteiger partial charge is 0.272 e. The summed E-state index contributed by atoms with van der Waals surface area (Å²) in [4.78, 5) is 28.5. The van der Waals surface area contributed by atoms with Gasteiger partial charge in [-0.25, -0.2) is 12.8 Å². The fourth-order valence-corrected chi connectivity index (χ4v) is 5.48. The average molecular weight is 420 g/mol. The molecule has 2 aromatic rings. The van der Waals surface area contributed by atoms with Crippen LogP contribution >= 0.6 is 0 Å². The van der Waals surface area contributed by atoms with Crippen molar-refractivity contribution in [2.24, 2.45) is 5.92 Å². The summed E-state index contributed by atoms with van der Waals surface area (Å²) in [6.07, 6.45) is 0.376. The molecule has 2 fully saturated rings. The minimum atomic E-state index is -3.11. The van der Waals surface area contributed by atoms with E-state index in [9.17, 15) is 22.4 Å². The Hall–Kier alpha value is -2.75. The van der Waals surface area contributed by atoms with Gasteiger partial charge >= 0.3 is 0 Å². The molecule has 4 rings (SSSR count). The summed E-state index contributed by atoms with van der Waals surface area (Å²) < 4.78 is 36.2. The van der Waals surface area contributed by atoms with Gasteiger partial charge in [0.15, 0.2) is 9.84 Å². The maximum atomic E-state index is 13.1. The van der Waals surface area contributed by atoms with Crippen molar-refractivity contribution in [3.8, 4) is 11.3 Å². The Balaban J connectivity index is 1.36. The second-order valence-corrected chi connectivity index (χ2v) is 9.62. The highest BCUT2D eigenvalue weighted by molar-refractivity contribution is 7.91. The van der Waals surface area contributed by atoms with Crippen LogP contribution in [0.2, 0.25) is 0 Å². The van der Waals surface area contributed by atoms with Gasteiger partial charge in [-0.05, 0) is 36.8 Å². The van der Waals surface area contributed by atoms with Gasteiger partial charge < -0.3 is 9.80 Å². The van der Waals surface area contributed by atoms with Gasteiger partial charge in [-0.2, -0.15) is 5.10 Å². The zero-order chi connectivity index (χ0) is 20.6. The second-order valence-electron chi connectivity index (χ2n) is 7.39. The minimum absolute atomic E-state index is 0.0675. The number of aromatic nitrogens is 2. The van der Waals surface area contributed by atoms with E-state index in [1.165, 1.54) is 12.1 Å². The van der Waals surface area contributed by atoms with Crippen molar-refractivity contribution in [3.05, 3.63) is 41.8 Å². The minimum Gasteiger partial charge on any atom is -0.339 e. The van der Waals surface area contributed by atoms with Gasteiger partial charge in [-0.3, -0.25) is 14.7 Å². The van der Waals surface area contributed by atoms with E-state index in [0.29, 0.717) is 49.6 Å². The molecule has 0 radical (unpaired) electrons. The van der Waals surface area contributed by atoms with Crippen LogP contribution in [0.15, 0.2) is 30.3 Å². The molecule has 0 spiro atoms. The number of H-pyrrole nitrogens is 1. The molecule has 8 nitrogen and oxygen atoms in total. The van der Waals surface area contributed by atoms with Crippen LogP contribution in [-0.4, -0.2) is 77.9 Å². The summed E-state index contributed by atoms with van der Waals surface area (Å²) in [5, 5.41) is 6.85. The zero-order valence-corrected chi connectivity index (χ0v) is 16.5. The summed E-state index contributed by atoms with van der Waals surface area (Å²) in [7, 11) is -3.11.